The average Bonchev–Trinajstić information content (AvgIpc) is 3.08. The molecule has 1 unspecified atom stereocenters. The van der Waals surface area contributed by atoms with Gasteiger partial charge in [-0.15, -0.1) is 0 Å². The Morgan fingerprint density at radius 1 is 1.00 bits per heavy atom. The third-order valence-electron chi connectivity index (χ3n) is 6.37. The molecule has 1 atom stereocenters. The number of carbonyl (C=O) groups is 3. The number of benzene rings is 2. The predicted molar refractivity (Wildman–Crippen MR) is 118 cm³/mol. The van der Waals surface area contributed by atoms with E-state index >= 15 is 0 Å². The second-order valence-electron chi connectivity index (χ2n) is 8.30. The van der Waals surface area contributed by atoms with Gasteiger partial charge < -0.3 is 9.64 Å². The second-order valence-corrected chi connectivity index (χ2v) is 8.30. The zero-order chi connectivity index (χ0) is 22.0. The molecule has 1 heterocycles. The number of amides is 3. The highest BCUT2D eigenvalue weighted by atomic mass is 16.5. The third kappa shape index (κ3) is 4.07. The van der Waals surface area contributed by atoms with Gasteiger partial charge in [0.1, 0.15) is 11.8 Å². The van der Waals surface area contributed by atoms with Crippen LogP contribution in [0.3, 0.4) is 0 Å². The van der Waals surface area contributed by atoms with Gasteiger partial charge in [0, 0.05) is 11.6 Å². The quantitative estimate of drug-likeness (QED) is 0.683. The summed E-state index contributed by atoms with van der Waals surface area (Å²) in [6.45, 7) is 1.90. The Balaban J connectivity index is 1.67. The van der Waals surface area contributed by atoms with Gasteiger partial charge in [-0.05, 0) is 55.7 Å². The fourth-order valence-corrected chi connectivity index (χ4v) is 4.71. The molecule has 1 saturated carbocycles. The second kappa shape index (κ2) is 8.92. The van der Waals surface area contributed by atoms with Crippen molar-refractivity contribution < 1.29 is 19.1 Å². The van der Waals surface area contributed by atoms with E-state index in [2.05, 4.69) is 0 Å². The first-order valence-corrected chi connectivity index (χ1v) is 10.9. The number of methoxy groups -OCH3 is 1. The normalized spacial score (nSPS) is 19.5. The van der Waals surface area contributed by atoms with Crippen molar-refractivity contribution in [3.05, 3.63) is 59.7 Å². The maximum atomic E-state index is 13.7. The number of hydrogen-bond donors (Lipinski definition) is 0. The number of hydrogen-bond acceptors (Lipinski definition) is 4. The SMILES string of the molecule is COc1ccc(N2C(=O)CC(N(C(=O)c3ccccc3C)C3CCCCC3)C2=O)cc1. The zero-order valence-corrected chi connectivity index (χ0v) is 18.0. The van der Waals surface area contributed by atoms with Crippen LogP contribution < -0.4 is 9.64 Å². The molecule has 162 valence electrons. The number of imide groups is 1. The molecule has 0 bridgehead atoms. The van der Waals surface area contributed by atoms with Gasteiger partial charge in [-0.2, -0.15) is 0 Å². The lowest BCUT2D eigenvalue weighted by molar-refractivity contribution is -0.123. The highest BCUT2D eigenvalue weighted by Gasteiger charge is 2.46. The van der Waals surface area contributed by atoms with Crippen LogP contribution in [0.1, 0.15) is 54.4 Å². The number of aryl methyl sites for hydroxylation is 1. The van der Waals surface area contributed by atoms with Crippen molar-refractivity contribution in [3.63, 3.8) is 0 Å². The van der Waals surface area contributed by atoms with Gasteiger partial charge in [0.05, 0.1) is 19.2 Å². The first-order valence-electron chi connectivity index (χ1n) is 10.9. The molecule has 2 aromatic carbocycles. The van der Waals surface area contributed by atoms with E-state index < -0.39 is 6.04 Å². The first-order chi connectivity index (χ1) is 15.0. The summed E-state index contributed by atoms with van der Waals surface area (Å²) >= 11 is 0. The maximum Gasteiger partial charge on any atom is 0.257 e. The molecule has 3 amide bonds. The molecule has 2 aliphatic rings. The summed E-state index contributed by atoms with van der Waals surface area (Å²) in [7, 11) is 1.57. The topological polar surface area (TPSA) is 66.9 Å². The predicted octanol–water partition coefficient (Wildman–Crippen LogP) is 4.11. The van der Waals surface area contributed by atoms with Gasteiger partial charge >= 0.3 is 0 Å². The average molecular weight is 421 g/mol. The summed E-state index contributed by atoms with van der Waals surface area (Å²) in [6, 6.07) is 13.5. The van der Waals surface area contributed by atoms with Gasteiger partial charge in [0.15, 0.2) is 0 Å². The van der Waals surface area contributed by atoms with Crippen molar-refractivity contribution in [3.8, 4) is 5.75 Å². The molecule has 31 heavy (non-hydrogen) atoms. The molecular weight excluding hydrogens is 392 g/mol. The van der Waals surface area contributed by atoms with Gasteiger partial charge in [-0.1, -0.05) is 37.5 Å². The van der Waals surface area contributed by atoms with Crippen LogP contribution in [0.25, 0.3) is 0 Å². The van der Waals surface area contributed by atoms with Crippen LogP contribution in [0.4, 0.5) is 5.69 Å². The van der Waals surface area contributed by atoms with Crippen molar-refractivity contribution in [2.75, 3.05) is 12.0 Å². The fraction of sp³-hybridized carbons (Fsp3) is 0.400. The maximum absolute atomic E-state index is 13.7. The van der Waals surface area contributed by atoms with E-state index in [1.54, 1.807) is 42.3 Å². The van der Waals surface area contributed by atoms with Crippen LogP contribution >= 0.6 is 0 Å². The minimum Gasteiger partial charge on any atom is -0.497 e. The molecule has 2 aromatic rings. The number of anilines is 1. The molecule has 1 aliphatic heterocycles. The molecule has 0 radical (unpaired) electrons. The molecule has 1 aliphatic carbocycles. The van der Waals surface area contributed by atoms with Crippen LogP contribution in [-0.2, 0) is 9.59 Å². The number of rotatable bonds is 5. The van der Waals surface area contributed by atoms with Crippen molar-refractivity contribution in [1.82, 2.24) is 4.90 Å². The van der Waals surface area contributed by atoms with Gasteiger partial charge in [0.2, 0.25) is 5.91 Å². The standard InChI is InChI=1S/C25H28N2O4/c1-17-8-6-7-11-21(17)24(29)26(18-9-4-3-5-10-18)22-16-23(28)27(25(22)30)19-12-14-20(31-2)15-13-19/h6-8,11-15,18,22H,3-5,9-10,16H2,1-2H3. The molecule has 0 spiro atoms. The first kappa shape index (κ1) is 21.1. The van der Waals surface area contributed by atoms with Gasteiger partial charge in [-0.25, -0.2) is 4.90 Å². The van der Waals surface area contributed by atoms with Crippen LogP contribution in [0, 0.1) is 6.92 Å². The zero-order valence-electron chi connectivity index (χ0n) is 18.0. The molecule has 0 N–H and O–H groups in total. The molecule has 4 rings (SSSR count). The van der Waals surface area contributed by atoms with Crippen molar-refractivity contribution in [2.45, 2.75) is 57.5 Å². The lowest BCUT2D eigenvalue weighted by Gasteiger charge is -2.37. The van der Waals surface area contributed by atoms with Gasteiger partial charge in [0.25, 0.3) is 11.8 Å². The summed E-state index contributed by atoms with van der Waals surface area (Å²) in [5.74, 6) is -0.119. The van der Waals surface area contributed by atoms with Gasteiger partial charge in [-0.3, -0.25) is 14.4 Å². The Labute approximate surface area is 182 Å². The van der Waals surface area contributed by atoms with E-state index in [0.29, 0.717) is 17.0 Å². The lowest BCUT2D eigenvalue weighted by Crippen LogP contribution is -2.51. The summed E-state index contributed by atoms with van der Waals surface area (Å²) in [5.41, 5.74) is 1.97. The minimum atomic E-state index is -0.773. The molecule has 6 heteroatoms. The molecule has 6 nitrogen and oxygen atoms in total. The lowest BCUT2D eigenvalue weighted by atomic mass is 9.91. The van der Waals surface area contributed by atoms with E-state index in [-0.39, 0.29) is 30.2 Å². The van der Waals surface area contributed by atoms with Crippen molar-refractivity contribution >= 4 is 23.4 Å². The Morgan fingerprint density at radius 2 is 1.68 bits per heavy atom. The number of carbonyl (C=O) groups excluding carboxylic acids is 3. The highest BCUT2D eigenvalue weighted by Crippen LogP contribution is 2.33. The highest BCUT2D eigenvalue weighted by molar-refractivity contribution is 6.23. The largest absolute Gasteiger partial charge is 0.497 e. The Hall–Kier alpha value is -3.15. The summed E-state index contributed by atoms with van der Waals surface area (Å²) in [6.07, 6.45) is 4.92. The number of nitrogens with zero attached hydrogens (tertiary/aromatic N) is 2. The molecule has 2 fully saturated rings. The van der Waals surface area contributed by atoms with E-state index in [4.69, 9.17) is 4.74 Å². The Kier molecular flexibility index (Phi) is 6.07. The summed E-state index contributed by atoms with van der Waals surface area (Å²) in [4.78, 5) is 42.9. The third-order valence-corrected chi connectivity index (χ3v) is 6.37. The Bertz CT molecular complexity index is 979. The number of ether oxygens (including phenoxy) is 1. The van der Waals surface area contributed by atoms with Crippen molar-refractivity contribution in [1.29, 1.82) is 0 Å². The smallest absolute Gasteiger partial charge is 0.257 e. The van der Waals surface area contributed by atoms with Crippen LogP contribution in [0.2, 0.25) is 0 Å². The summed E-state index contributed by atoms with van der Waals surface area (Å²) < 4.78 is 5.17. The van der Waals surface area contributed by atoms with E-state index in [0.717, 1.165) is 37.7 Å². The summed E-state index contributed by atoms with van der Waals surface area (Å²) in [5, 5.41) is 0. The molecule has 0 aromatic heterocycles. The molecule has 1 saturated heterocycles. The van der Waals surface area contributed by atoms with Crippen LogP contribution in [-0.4, -0.2) is 41.8 Å². The monoisotopic (exact) mass is 420 g/mol. The molecular formula is C25H28N2O4. The van der Waals surface area contributed by atoms with Crippen molar-refractivity contribution in [2.24, 2.45) is 0 Å². The fourth-order valence-electron chi connectivity index (χ4n) is 4.71. The minimum absolute atomic E-state index is 0.0129. The Morgan fingerprint density at radius 3 is 2.32 bits per heavy atom. The van der Waals surface area contributed by atoms with Crippen LogP contribution in [0.15, 0.2) is 48.5 Å². The van der Waals surface area contributed by atoms with E-state index in [9.17, 15) is 14.4 Å². The van der Waals surface area contributed by atoms with Crippen LogP contribution in [0.5, 0.6) is 5.75 Å². The van der Waals surface area contributed by atoms with E-state index in [1.807, 2.05) is 25.1 Å². The van der Waals surface area contributed by atoms with E-state index in [1.165, 1.54) is 4.90 Å².